The van der Waals surface area contributed by atoms with Crippen molar-refractivity contribution in [2.24, 2.45) is 0 Å². The minimum Gasteiger partial charge on any atom is -0.341 e. The Labute approximate surface area is 129 Å². The summed E-state index contributed by atoms with van der Waals surface area (Å²) >= 11 is 0. The monoisotopic (exact) mass is 290 g/mol. The van der Waals surface area contributed by atoms with Crippen LogP contribution in [0.25, 0.3) is 21.9 Å². The maximum Gasteiger partial charge on any atom is 0.225 e. The molecule has 1 aromatic carbocycles. The van der Waals surface area contributed by atoms with Gasteiger partial charge in [-0.1, -0.05) is 23.8 Å². The second-order valence-electron chi connectivity index (χ2n) is 5.88. The number of benzene rings is 1. The summed E-state index contributed by atoms with van der Waals surface area (Å²) in [5.41, 5.74) is 3.36. The fourth-order valence-corrected chi connectivity index (χ4v) is 3.05. The Morgan fingerprint density at radius 3 is 2.50 bits per heavy atom. The number of aryl methyl sites for hydroxylation is 1. The van der Waals surface area contributed by atoms with Gasteiger partial charge in [0.05, 0.1) is 0 Å². The van der Waals surface area contributed by atoms with E-state index in [-0.39, 0.29) is 0 Å². The maximum absolute atomic E-state index is 4.55. The third-order valence-corrected chi connectivity index (χ3v) is 4.25. The van der Waals surface area contributed by atoms with Crippen molar-refractivity contribution in [1.29, 1.82) is 0 Å². The number of hydrogen-bond acceptors (Lipinski definition) is 4. The lowest BCUT2D eigenvalue weighted by atomic mass is 10.0. The number of rotatable bonds is 2. The van der Waals surface area contributed by atoms with Crippen LogP contribution in [0.4, 0.5) is 5.95 Å². The molecule has 1 aliphatic heterocycles. The summed E-state index contributed by atoms with van der Waals surface area (Å²) in [5, 5.41) is 2.35. The second kappa shape index (κ2) is 5.37. The molecule has 3 heterocycles. The van der Waals surface area contributed by atoms with E-state index in [0.29, 0.717) is 0 Å². The van der Waals surface area contributed by atoms with E-state index in [4.69, 9.17) is 0 Å². The molecule has 4 heteroatoms. The van der Waals surface area contributed by atoms with E-state index in [2.05, 4.69) is 45.0 Å². The summed E-state index contributed by atoms with van der Waals surface area (Å²) < 4.78 is 0. The van der Waals surface area contributed by atoms with Crippen LogP contribution in [0.3, 0.4) is 0 Å². The molecule has 4 nitrogen and oxygen atoms in total. The first-order chi connectivity index (χ1) is 10.8. The molecule has 0 spiro atoms. The zero-order valence-electron chi connectivity index (χ0n) is 12.7. The topological polar surface area (TPSA) is 41.9 Å². The van der Waals surface area contributed by atoms with Gasteiger partial charge in [-0.15, -0.1) is 0 Å². The number of fused-ring (bicyclic) bond motifs is 1. The average molecular weight is 290 g/mol. The van der Waals surface area contributed by atoms with E-state index in [1.165, 1.54) is 23.8 Å². The molecule has 0 saturated carbocycles. The van der Waals surface area contributed by atoms with Gasteiger partial charge in [0.15, 0.2) is 0 Å². The Morgan fingerprint density at radius 2 is 1.73 bits per heavy atom. The van der Waals surface area contributed by atoms with Crippen LogP contribution in [0, 0.1) is 6.92 Å². The predicted molar refractivity (Wildman–Crippen MR) is 89.0 cm³/mol. The molecule has 2 aromatic heterocycles. The third kappa shape index (κ3) is 2.30. The van der Waals surface area contributed by atoms with Gasteiger partial charge in [-0.2, -0.15) is 0 Å². The van der Waals surface area contributed by atoms with Gasteiger partial charge in [0, 0.05) is 54.4 Å². The van der Waals surface area contributed by atoms with Crippen LogP contribution in [0.1, 0.15) is 18.4 Å². The summed E-state index contributed by atoms with van der Waals surface area (Å²) in [4.78, 5) is 15.7. The van der Waals surface area contributed by atoms with Crippen LogP contribution < -0.4 is 4.90 Å². The van der Waals surface area contributed by atoms with Crippen LogP contribution >= 0.6 is 0 Å². The van der Waals surface area contributed by atoms with Crippen LogP contribution in [0.2, 0.25) is 0 Å². The van der Waals surface area contributed by atoms with E-state index in [9.17, 15) is 0 Å². The lowest BCUT2D eigenvalue weighted by Gasteiger charge is -2.15. The van der Waals surface area contributed by atoms with E-state index < -0.39 is 0 Å². The molecule has 3 aromatic rings. The molecule has 0 aliphatic carbocycles. The first-order valence-corrected chi connectivity index (χ1v) is 7.73. The van der Waals surface area contributed by atoms with Crippen molar-refractivity contribution in [2.75, 3.05) is 18.0 Å². The molecule has 0 radical (unpaired) electrons. The van der Waals surface area contributed by atoms with Crippen molar-refractivity contribution >= 4 is 16.7 Å². The molecule has 0 unspecified atom stereocenters. The predicted octanol–water partition coefficient (Wildman–Crippen LogP) is 3.60. The highest BCUT2D eigenvalue weighted by atomic mass is 15.3. The lowest BCUT2D eigenvalue weighted by Crippen LogP contribution is -2.20. The van der Waals surface area contributed by atoms with E-state index >= 15 is 0 Å². The first-order valence-electron chi connectivity index (χ1n) is 7.73. The fourth-order valence-electron chi connectivity index (χ4n) is 3.05. The van der Waals surface area contributed by atoms with Crippen LogP contribution in [0.5, 0.6) is 0 Å². The smallest absolute Gasteiger partial charge is 0.225 e. The summed E-state index contributed by atoms with van der Waals surface area (Å²) in [6.07, 6.45) is 10.1. The molecule has 1 aliphatic rings. The molecule has 4 rings (SSSR count). The van der Waals surface area contributed by atoms with Gasteiger partial charge < -0.3 is 4.90 Å². The van der Waals surface area contributed by atoms with Crippen molar-refractivity contribution < 1.29 is 0 Å². The standard InChI is InChI=1S/C18H18N4/c1-13-4-5-14-9-19-12-17(16(14)8-13)15-10-20-18(21-11-15)22-6-2-3-7-22/h4-5,8-12H,2-3,6-7H2,1H3. The fraction of sp³-hybridized carbons (Fsp3) is 0.278. The minimum atomic E-state index is 0.839. The summed E-state index contributed by atoms with van der Waals surface area (Å²) in [7, 11) is 0. The van der Waals surface area contributed by atoms with Gasteiger partial charge in [0.25, 0.3) is 0 Å². The van der Waals surface area contributed by atoms with Crippen molar-refractivity contribution in [1.82, 2.24) is 15.0 Å². The largest absolute Gasteiger partial charge is 0.341 e. The van der Waals surface area contributed by atoms with Crippen molar-refractivity contribution in [3.63, 3.8) is 0 Å². The van der Waals surface area contributed by atoms with E-state index in [1.54, 1.807) is 0 Å². The third-order valence-electron chi connectivity index (χ3n) is 4.25. The summed E-state index contributed by atoms with van der Waals surface area (Å²) in [6, 6.07) is 6.42. The molecule has 1 saturated heterocycles. The van der Waals surface area contributed by atoms with E-state index in [1.807, 2.05) is 24.8 Å². The lowest BCUT2D eigenvalue weighted by molar-refractivity contribution is 0.899. The van der Waals surface area contributed by atoms with Crippen LogP contribution in [-0.4, -0.2) is 28.0 Å². The van der Waals surface area contributed by atoms with Crippen molar-refractivity contribution in [2.45, 2.75) is 19.8 Å². The second-order valence-corrected chi connectivity index (χ2v) is 5.88. The van der Waals surface area contributed by atoms with Gasteiger partial charge in [0.1, 0.15) is 0 Å². The quantitative estimate of drug-likeness (QED) is 0.723. The number of aromatic nitrogens is 3. The number of hydrogen-bond donors (Lipinski definition) is 0. The van der Waals surface area contributed by atoms with Crippen LogP contribution in [0.15, 0.2) is 43.0 Å². The van der Waals surface area contributed by atoms with Gasteiger partial charge in [-0.3, -0.25) is 4.98 Å². The normalized spacial score (nSPS) is 14.7. The highest BCUT2D eigenvalue weighted by Gasteiger charge is 2.15. The summed E-state index contributed by atoms with van der Waals surface area (Å²) in [6.45, 7) is 4.24. The molecule has 0 N–H and O–H groups in total. The Bertz CT molecular complexity index is 805. The highest BCUT2D eigenvalue weighted by molar-refractivity contribution is 5.95. The number of anilines is 1. The number of nitrogens with zero attached hydrogens (tertiary/aromatic N) is 4. The average Bonchev–Trinajstić information content (AvgIpc) is 3.09. The van der Waals surface area contributed by atoms with Crippen LogP contribution in [-0.2, 0) is 0 Å². The van der Waals surface area contributed by atoms with Crippen molar-refractivity contribution in [3.8, 4) is 11.1 Å². The van der Waals surface area contributed by atoms with Gasteiger partial charge in [-0.05, 0) is 25.2 Å². The maximum atomic E-state index is 4.55. The van der Waals surface area contributed by atoms with Gasteiger partial charge >= 0.3 is 0 Å². The molecule has 0 amide bonds. The molecule has 110 valence electrons. The molecule has 22 heavy (non-hydrogen) atoms. The molecule has 0 bridgehead atoms. The summed E-state index contributed by atoms with van der Waals surface area (Å²) in [5.74, 6) is 0.839. The Hall–Kier alpha value is -2.49. The molecule has 0 atom stereocenters. The molecule has 1 fully saturated rings. The highest BCUT2D eigenvalue weighted by Crippen LogP contribution is 2.28. The zero-order valence-corrected chi connectivity index (χ0v) is 12.7. The Balaban J connectivity index is 1.76. The molecular formula is C18H18N4. The van der Waals surface area contributed by atoms with Crippen molar-refractivity contribution in [3.05, 3.63) is 48.5 Å². The number of pyridine rings is 1. The SMILES string of the molecule is Cc1ccc2cncc(-c3cnc(N4CCCC4)nc3)c2c1. The molecular weight excluding hydrogens is 272 g/mol. The Morgan fingerprint density at radius 1 is 0.955 bits per heavy atom. The Kier molecular flexibility index (Phi) is 3.22. The minimum absolute atomic E-state index is 0.839. The van der Waals surface area contributed by atoms with Gasteiger partial charge in [-0.25, -0.2) is 9.97 Å². The van der Waals surface area contributed by atoms with E-state index in [0.717, 1.165) is 35.6 Å². The van der Waals surface area contributed by atoms with Gasteiger partial charge in [0.2, 0.25) is 5.95 Å². The zero-order chi connectivity index (χ0) is 14.9. The first kappa shape index (κ1) is 13.2.